The zero-order valence-corrected chi connectivity index (χ0v) is 17.0. The van der Waals surface area contributed by atoms with Gasteiger partial charge < -0.3 is 14.6 Å². The highest BCUT2D eigenvalue weighted by molar-refractivity contribution is 6.30. The third kappa shape index (κ3) is 5.73. The maximum absolute atomic E-state index is 12.8. The van der Waals surface area contributed by atoms with E-state index in [-0.39, 0.29) is 13.0 Å². The van der Waals surface area contributed by atoms with Gasteiger partial charge in [0.2, 0.25) is 5.60 Å². The molecule has 28 heavy (non-hydrogen) atoms. The van der Waals surface area contributed by atoms with Crippen LogP contribution in [-0.4, -0.2) is 29.3 Å². The van der Waals surface area contributed by atoms with Crippen molar-refractivity contribution in [2.24, 2.45) is 0 Å². The van der Waals surface area contributed by atoms with Crippen molar-refractivity contribution >= 4 is 23.5 Å². The molecule has 0 spiro atoms. The Kier molecular flexibility index (Phi) is 7.46. The van der Waals surface area contributed by atoms with Crippen molar-refractivity contribution in [2.45, 2.75) is 45.1 Å². The van der Waals surface area contributed by atoms with Gasteiger partial charge in [-0.2, -0.15) is 0 Å². The fourth-order valence-corrected chi connectivity index (χ4v) is 3.03. The van der Waals surface area contributed by atoms with Crippen molar-refractivity contribution in [3.63, 3.8) is 0 Å². The summed E-state index contributed by atoms with van der Waals surface area (Å²) in [4.78, 5) is 24.4. The summed E-state index contributed by atoms with van der Waals surface area (Å²) in [5, 5.41) is 10.0. The maximum Gasteiger partial charge on any atom is 0.351 e. The monoisotopic (exact) mass is 404 g/mol. The fourth-order valence-electron chi connectivity index (χ4n) is 2.91. The second-order valence-electron chi connectivity index (χ2n) is 6.91. The van der Waals surface area contributed by atoms with Gasteiger partial charge >= 0.3 is 11.9 Å². The highest BCUT2D eigenvalue weighted by atomic mass is 35.5. The molecule has 0 aliphatic carbocycles. The molecule has 0 heterocycles. The van der Waals surface area contributed by atoms with Crippen LogP contribution in [0.5, 0.6) is 5.75 Å². The molecule has 0 radical (unpaired) electrons. The second kappa shape index (κ2) is 9.60. The molecule has 0 fully saturated rings. The molecule has 0 bridgehead atoms. The van der Waals surface area contributed by atoms with Crippen molar-refractivity contribution in [1.29, 1.82) is 0 Å². The molecule has 1 N–H and O–H groups in total. The summed E-state index contributed by atoms with van der Waals surface area (Å²) in [6.45, 7) is 5.94. The van der Waals surface area contributed by atoms with Crippen molar-refractivity contribution in [2.75, 3.05) is 6.61 Å². The maximum atomic E-state index is 12.8. The van der Waals surface area contributed by atoms with Crippen LogP contribution in [0.25, 0.3) is 0 Å². The molecule has 1 unspecified atom stereocenters. The molecular weight excluding hydrogens is 380 g/mol. The van der Waals surface area contributed by atoms with Gasteiger partial charge in [-0.1, -0.05) is 49.7 Å². The highest BCUT2D eigenvalue weighted by Gasteiger charge is 2.45. The smallest absolute Gasteiger partial charge is 0.351 e. The Balaban J connectivity index is 2.42. The summed E-state index contributed by atoms with van der Waals surface area (Å²) in [5.41, 5.74) is 0.150. The lowest BCUT2D eigenvalue weighted by Gasteiger charge is -2.31. The van der Waals surface area contributed by atoms with Crippen molar-refractivity contribution in [3.05, 3.63) is 64.7 Å². The summed E-state index contributed by atoms with van der Waals surface area (Å²) in [6.07, 6.45) is -0.484. The normalized spacial score (nSPS) is 13.0. The van der Waals surface area contributed by atoms with Crippen molar-refractivity contribution in [3.8, 4) is 5.75 Å². The van der Waals surface area contributed by atoms with Crippen LogP contribution in [-0.2, 0) is 20.7 Å². The minimum atomic E-state index is -1.69. The lowest BCUT2D eigenvalue weighted by Crippen LogP contribution is -2.49. The van der Waals surface area contributed by atoms with Crippen LogP contribution in [0.4, 0.5) is 0 Å². The Morgan fingerprint density at radius 2 is 1.68 bits per heavy atom. The molecule has 5 nitrogen and oxygen atoms in total. The number of aliphatic carboxylic acids is 1. The number of halogens is 1. The van der Waals surface area contributed by atoms with E-state index in [4.69, 9.17) is 21.1 Å². The molecule has 2 aromatic rings. The third-order valence-electron chi connectivity index (χ3n) is 4.35. The third-order valence-corrected chi connectivity index (χ3v) is 4.60. The van der Waals surface area contributed by atoms with Gasteiger partial charge in [0.15, 0.2) is 0 Å². The van der Waals surface area contributed by atoms with Gasteiger partial charge in [-0.15, -0.1) is 0 Å². The average molecular weight is 405 g/mol. The molecule has 2 rings (SSSR count). The van der Waals surface area contributed by atoms with Gasteiger partial charge in [-0.25, -0.2) is 4.79 Å². The number of ether oxygens (including phenoxy) is 2. The van der Waals surface area contributed by atoms with Crippen LogP contribution < -0.4 is 4.74 Å². The predicted molar refractivity (Wildman–Crippen MR) is 108 cm³/mol. The first-order valence-corrected chi connectivity index (χ1v) is 9.56. The fraction of sp³-hybridized carbons (Fsp3) is 0.364. The van der Waals surface area contributed by atoms with Crippen molar-refractivity contribution in [1.82, 2.24) is 0 Å². The minimum Gasteiger partial charge on any atom is -0.481 e. The van der Waals surface area contributed by atoms with E-state index >= 15 is 0 Å². The quantitative estimate of drug-likeness (QED) is 0.604. The Morgan fingerprint density at radius 1 is 1.07 bits per heavy atom. The van der Waals surface area contributed by atoms with Crippen LogP contribution in [0.15, 0.2) is 48.5 Å². The standard InChI is InChI=1S/C22H25ClO5/c1-4-27-21(26)22(14-20(24)25,13-16-5-9-18(23)10-6-16)28-19-11-7-17(8-12-19)15(2)3/h5-12,15H,4,13-14H2,1-3H3,(H,24,25). The topological polar surface area (TPSA) is 72.8 Å². The van der Waals surface area contributed by atoms with E-state index < -0.39 is 24.0 Å². The van der Waals surface area contributed by atoms with Gasteiger partial charge in [-0.3, -0.25) is 4.79 Å². The number of benzene rings is 2. The average Bonchev–Trinajstić information content (AvgIpc) is 2.63. The molecule has 0 saturated heterocycles. The number of carboxylic acids is 1. The lowest BCUT2D eigenvalue weighted by atomic mass is 9.90. The molecule has 0 aliphatic heterocycles. The van der Waals surface area contributed by atoms with E-state index in [0.717, 1.165) is 11.1 Å². The predicted octanol–water partition coefficient (Wildman–Crippen LogP) is 4.86. The van der Waals surface area contributed by atoms with Crippen LogP contribution in [0.2, 0.25) is 5.02 Å². The Hall–Kier alpha value is -2.53. The summed E-state index contributed by atoms with van der Waals surface area (Å²) in [5.74, 6) is -1.11. The molecule has 0 aliphatic rings. The molecule has 150 valence electrons. The number of hydrogen-bond acceptors (Lipinski definition) is 4. The van der Waals surface area contributed by atoms with Crippen LogP contribution in [0.1, 0.15) is 44.2 Å². The Labute approximate surface area is 170 Å². The van der Waals surface area contributed by atoms with Gasteiger partial charge in [0, 0.05) is 11.4 Å². The summed E-state index contributed by atoms with van der Waals surface area (Å²) < 4.78 is 11.2. The molecule has 1 atom stereocenters. The van der Waals surface area contributed by atoms with Crippen LogP contribution >= 0.6 is 11.6 Å². The summed E-state index contributed by atoms with van der Waals surface area (Å²) >= 11 is 5.93. The van der Waals surface area contributed by atoms with E-state index in [1.54, 1.807) is 43.3 Å². The Bertz CT molecular complexity index is 799. The van der Waals surface area contributed by atoms with E-state index in [1.165, 1.54) is 0 Å². The number of esters is 1. The Morgan fingerprint density at radius 3 is 2.18 bits per heavy atom. The zero-order valence-electron chi connectivity index (χ0n) is 16.3. The van der Waals surface area contributed by atoms with Gasteiger partial charge in [-0.05, 0) is 48.2 Å². The second-order valence-corrected chi connectivity index (χ2v) is 7.35. The van der Waals surface area contributed by atoms with Crippen LogP contribution in [0.3, 0.4) is 0 Å². The van der Waals surface area contributed by atoms with E-state index in [2.05, 4.69) is 13.8 Å². The van der Waals surface area contributed by atoms with Gasteiger partial charge in [0.25, 0.3) is 0 Å². The number of carbonyl (C=O) groups excluding carboxylic acids is 1. The first kappa shape index (κ1) is 21.8. The SMILES string of the molecule is CCOC(=O)C(CC(=O)O)(Cc1ccc(Cl)cc1)Oc1ccc(C(C)C)cc1. The van der Waals surface area contributed by atoms with Gasteiger partial charge in [0.05, 0.1) is 13.0 Å². The van der Waals surface area contributed by atoms with E-state index in [1.807, 2.05) is 12.1 Å². The van der Waals surface area contributed by atoms with E-state index in [0.29, 0.717) is 16.7 Å². The molecule has 0 saturated carbocycles. The molecule has 0 amide bonds. The van der Waals surface area contributed by atoms with Crippen LogP contribution in [0, 0.1) is 0 Å². The first-order valence-electron chi connectivity index (χ1n) is 9.18. The largest absolute Gasteiger partial charge is 0.481 e. The number of rotatable bonds is 9. The molecular formula is C22H25ClO5. The molecule has 0 aromatic heterocycles. The lowest BCUT2D eigenvalue weighted by molar-refractivity contribution is -0.167. The van der Waals surface area contributed by atoms with Gasteiger partial charge in [0.1, 0.15) is 5.75 Å². The van der Waals surface area contributed by atoms with E-state index in [9.17, 15) is 14.7 Å². The number of hydrogen-bond donors (Lipinski definition) is 1. The highest BCUT2D eigenvalue weighted by Crippen LogP contribution is 2.29. The minimum absolute atomic E-state index is 0.0429. The molecule has 2 aromatic carbocycles. The first-order chi connectivity index (χ1) is 13.3. The number of carbonyl (C=O) groups is 2. The number of carboxylic acid groups (broad SMARTS) is 1. The molecule has 6 heteroatoms. The summed E-state index contributed by atoms with van der Waals surface area (Å²) in [6, 6.07) is 14.1. The summed E-state index contributed by atoms with van der Waals surface area (Å²) in [7, 11) is 0. The zero-order chi connectivity index (χ0) is 20.7. The van der Waals surface area contributed by atoms with Crippen molar-refractivity contribution < 1.29 is 24.2 Å².